The van der Waals surface area contributed by atoms with Gasteiger partial charge in [-0.05, 0) is 49.9 Å². The molecule has 168 valence electrons. The number of ether oxygens (including phenoxy) is 1. The molecule has 3 aromatic rings. The maximum absolute atomic E-state index is 12.9. The van der Waals surface area contributed by atoms with Gasteiger partial charge in [0.15, 0.2) is 15.6 Å². The number of H-pyrrole nitrogens is 1. The summed E-state index contributed by atoms with van der Waals surface area (Å²) in [6.45, 7) is 3.36. The van der Waals surface area contributed by atoms with Crippen LogP contribution >= 0.6 is 0 Å². The van der Waals surface area contributed by atoms with E-state index in [0.29, 0.717) is 36.1 Å². The molecule has 1 N–H and O–H groups in total. The van der Waals surface area contributed by atoms with Gasteiger partial charge in [0, 0.05) is 36.4 Å². The number of nitrogens with one attached hydrogen (secondary N) is 1. The smallest absolute Gasteiger partial charge is 0.163 e. The molecular weight excluding hydrogens is 424 g/mol. The number of hydrogen-bond acceptors (Lipinski definition) is 5. The molecule has 0 saturated heterocycles. The number of rotatable bonds is 8. The second-order valence-electron chi connectivity index (χ2n) is 8.46. The van der Waals surface area contributed by atoms with Gasteiger partial charge in [0.2, 0.25) is 0 Å². The van der Waals surface area contributed by atoms with Crippen LogP contribution < -0.4 is 4.74 Å². The van der Waals surface area contributed by atoms with Crippen molar-refractivity contribution in [2.75, 3.05) is 0 Å². The van der Waals surface area contributed by atoms with Crippen molar-refractivity contribution >= 4 is 15.6 Å². The van der Waals surface area contributed by atoms with E-state index in [1.165, 1.54) is 0 Å². The number of imidazole rings is 1. The first-order valence-corrected chi connectivity index (χ1v) is 12.7. The van der Waals surface area contributed by atoms with Crippen LogP contribution in [0.4, 0.5) is 0 Å². The van der Waals surface area contributed by atoms with E-state index in [1.54, 1.807) is 38.4 Å². The van der Waals surface area contributed by atoms with E-state index in [0.717, 1.165) is 23.4 Å². The average Bonchev–Trinajstić information content (AvgIpc) is 3.28. The summed E-state index contributed by atoms with van der Waals surface area (Å²) in [5, 5.41) is -0.515. The molecule has 1 aliphatic rings. The normalized spacial score (nSPS) is 14.9. The highest BCUT2D eigenvalue weighted by Gasteiger charge is 2.28. The first-order chi connectivity index (χ1) is 15.3. The third kappa shape index (κ3) is 4.78. The molecule has 32 heavy (non-hydrogen) atoms. The van der Waals surface area contributed by atoms with E-state index in [1.807, 2.05) is 30.3 Å². The first-order valence-electron chi connectivity index (χ1n) is 10.9. The van der Waals surface area contributed by atoms with Crippen LogP contribution in [0.1, 0.15) is 65.7 Å². The summed E-state index contributed by atoms with van der Waals surface area (Å²) < 4.78 is 32.2. The van der Waals surface area contributed by atoms with Crippen LogP contribution in [0, 0.1) is 0 Å². The van der Waals surface area contributed by atoms with Crippen LogP contribution in [0.2, 0.25) is 0 Å². The molecule has 0 spiro atoms. The largest absolute Gasteiger partial charge is 0.485 e. The van der Waals surface area contributed by atoms with Crippen LogP contribution in [-0.2, 0) is 28.4 Å². The minimum absolute atomic E-state index is 0.0659. The van der Waals surface area contributed by atoms with Crippen molar-refractivity contribution in [1.29, 1.82) is 0 Å². The van der Waals surface area contributed by atoms with E-state index >= 15 is 0 Å². The zero-order valence-corrected chi connectivity index (χ0v) is 19.2. The molecule has 1 atom stereocenters. The third-order valence-corrected chi connectivity index (χ3v) is 8.08. The number of ketones is 1. The number of aromatic amines is 1. The van der Waals surface area contributed by atoms with E-state index in [4.69, 9.17) is 4.74 Å². The molecule has 1 aliphatic carbocycles. The molecule has 2 aromatic carbocycles. The highest BCUT2D eigenvalue weighted by Crippen LogP contribution is 2.36. The number of aromatic nitrogens is 2. The number of Topliss-reactive ketones (excluding diaryl/α,β-unsaturated/α-hetero) is 1. The number of sulfone groups is 1. The fourth-order valence-corrected chi connectivity index (χ4v) is 5.10. The number of benzene rings is 2. The van der Waals surface area contributed by atoms with Crippen molar-refractivity contribution in [1.82, 2.24) is 9.97 Å². The van der Waals surface area contributed by atoms with Gasteiger partial charge in [-0.15, -0.1) is 0 Å². The van der Waals surface area contributed by atoms with Gasteiger partial charge in [-0.25, -0.2) is 13.4 Å². The number of hydrogen-bond donors (Lipinski definition) is 1. The number of nitrogens with zero attached hydrogens (tertiary/aromatic N) is 1. The zero-order chi connectivity index (χ0) is 22.7. The molecule has 0 unspecified atom stereocenters. The van der Waals surface area contributed by atoms with Gasteiger partial charge in [0.25, 0.3) is 0 Å². The maximum atomic E-state index is 12.9. The molecule has 0 radical (unpaired) electrons. The summed E-state index contributed by atoms with van der Waals surface area (Å²) in [6.07, 6.45) is 5.50. The fraction of sp³-hybridized carbons (Fsp3) is 0.360. The molecule has 0 amide bonds. The minimum atomic E-state index is -3.38. The van der Waals surface area contributed by atoms with Gasteiger partial charge in [0.1, 0.15) is 17.7 Å². The second kappa shape index (κ2) is 9.28. The SMILES string of the molecule is CC(C)S(=O)(=O)Cc1c(O[C@@H](Cc2ncc[nH]2)c2ccccc2)ccc2c1CCCC2=O. The predicted molar refractivity (Wildman–Crippen MR) is 124 cm³/mol. The molecule has 0 saturated carbocycles. The highest BCUT2D eigenvalue weighted by molar-refractivity contribution is 7.91. The lowest BCUT2D eigenvalue weighted by atomic mass is 9.87. The van der Waals surface area contributed by atoms with Gasteiger partial charge in [0.05, 0.1) is 11.0 Å². The lowest BCUT2D eigenvalue weighted by Gasteiger charge is -2.25. The quantitative estimate of drug-likeness (QED) is 0.539. The molecule has 6 nitrogen and oxygen atoms in total. The fourth-order valence-electron chi connectivity index (χ4n) is 4.05. The molecule has 4 rings (SSSR count). The monoisotopic (exact) mass is 452 g/mol. The van der Waals surface area contributed by atoms with E-state index in [9.17, 15) is 13.2 Å². The van der Waals surface area contributed by atoms with Gasteiger partial charge >= 0.3 is 0 Å². The first kappa shape index (κ1) is 22.3. The number of fused-ring (bicyclic) bond motifs is 1. The number of carbonyl (C=O) groups excluding carboxylic acids is 1. The summed E-state index contributed by atoms with van der Waals surface area (Å²) >= 11 is 0. The Hall–Kier alpha value is -2.93. The molecule has 0 aliphatic heterocycles. The molecular formula is C25H28N2O4S. The lowest BCUT2D eigenvalue weighted by Crippen LogP contribution is -2.21. The molecule has 7 heteroatoms. The van der Waals surface area contributed by atoms with Gasteiger partial charge < -0.3 is 9.72 Å². The highest BCUT2D eigenvalue weighted by atomic mass is 32.2. The van der Waals surface area contributed by atoms with Crippen LogP contribution in [0.15, 0.2) is 54.9 Å². The summed E-state index contributed by atoms with van der Waals surface area (Å²) in [4.78, 5) is 19.9. The Morgan fingerprint density at radius 2 is 1.88 bits per heavy atom. The Morgan fingerprint density at radius 3 is 2.56 bits per heavy atom. The van der Waals surface area contributed by atoms with Crippen molar-refractivity contribution in [3.63, 3.8) is 0 Å². The average molecular weight is 453 g/mol. The standard InChI is InChI=1S/C25H28N2O4S/c1-17(2)32(29,30)16-21-19-9-6-10-22(28)20(19)11-12-23(21)31-24(15-25-26-13-14-27-25)18-7-4-3-5-8-18/h3-5,7-8,11-14,17,24H,6,9-10,15-16H2,1-2H3,(H,26,27)/t24-/m0/s1. The van der Waals surface area contributed by atoms with Crippen LogP contribution in [0.5, 0.6) is 5.75 Å². The Morgan fingerprint density at radius 1 is 1.09 bits per heavy atom. The Bertz CT molecular complexity index is 1190. The Kier molecular flexibility index (Phi) is 6.46. The summed E-state index contributed by atoms with van der Waals surface area (Å²) in [6, 6.07) is 13.4. The van der Waals surface area contributed by atoms with Gasteiger partial charge in [-0.2, -0.15) is 0 Å². The summed E-state index contributed by atoms with van der Waals surface area (Å²) in [5.74, 6) is 1.22. The molecule has 1 heterocycles. The number of carbonyl (C=O) groups is 1. The van der Waals surface area contributed by atoms with E-state index in [-0.39, 0.29) is 17.6 Å². The van der Waals surface area contributed by atoms with E-state index < -0.39 is 15.1 Å². The van der Waals surface area contributed by atoms with Gasteiger partial charge in [-0.1, -0.05) is 30.3 Å². The van der Waals surface area contributed by atoms with Crippen LogP contribution in [-0.4, -0.2) is 29.4 Å². The topological polar surface area (TPSA) is 89.1 Å². The van der Waals surface area contributed by atoms with Gasteiger partial charge in [-0.3, -0.25) is 4.79 Å². The van der Waals surface area contributed by atoms with Crippen molar-refractivity contribution in [3.05, 3.63) is 82.9 Å². The van der Waals surface area contributed by atoms with Crippen LogP contribution in [0.25, 0.3) is 0 Å². The van der Waals surface area contributed by atoms with Crippen molar-refractivity contribution in [2.24, 2.45) is 0 Å². The summed E-state index contributed by atoms with van der Waals surface area (Å²) in [7, 11) is -3.38. The molecule has 0 bridgehead atoms. The van der Waals surface area contributed by atoms with Crippen LogP contribution in [0.3, 0.4) is 0 Å². The second-order valence-corrected chi connectivity index (χ2v) is 11.0. The Balaban J connectivity index is 1.77. The maximum Gasteiger partial charge on any atom is 0.163 e. The predicted octanol–water partition coefficient (Wildman–Crippen LogP) is 4.61. The lowest BCUT2D eigenvalue weighted by molar-refractivity contribution is 0.0972. The third-order valence-electron chi connectivity index (χ3n) is 5.96. The van der Waals surface area contributed by atoms with Crippen molar-refractivity contribution in [3.8, 4) is 5.75 Å². The minimum Gasteiger partial charge on any atom is -0.485 e. The molecule has 0 fully saturated rings. The van der Waals surface area contributed by atoms with Crippen molar-refractivity contribution < 1.29 is 17.9 Å². The molecule has 1 aromatic heterocycles. The summed E-state index contributed by atoms with van der Waals surface area (Å²) in [5.41, 5.74) is 3.02. The van der Waals surface area contributed by atoms with Crippen molar-refractivity contribution in [2.45, 2.75) is 56.6 Å². The zero-order valence-electron chi connectivity index (χ0n) is 18.4. The van der Waals surface area contributed by atoms with E-state index in [2.05, 4.69) is 9.97 Å². The Labute approximate surface area is 189 Å².